The Morgan fingerprint density at radius 1 is 1.09 bits per heavy atom. The first-order valence-corrected chi connectivity index (χ1v) is 11.4. The Labute approximate surface area is 200 Å². The van der Waals surface area contributed by atoms with Crippen LogP contribution >= 0.6 is 11.6 Å². The molecule has 0 spiro atoms. The van der Waals surface area contributed by atoms with Gasteiger partial charge >= 0.3 is 5.69 Å². The van der Waals surface area contributed by atoms with E-state index in [9.17, 15) is 14.7 Å². The quantitative estimate of drug-likeness (QED) is 0.470. The molecule has 0 bridgehead atoms. The zero-order valence-electron chi connectivity index (χ0n) is 18.8. The van der Waals surface area contributed by atoms with E-state index in [2.05, 4.69) is 4.98 Å². The lowest BCUT2D eigenvalue weighted by atomic mass is 10.2. The molecule has 10 heteroatoms. The minimum absolute atomic E-state index is 0.101. The maximum atomic E-state index is 13.5. The van der Waals surface area contributed by atoms with Gasteiger partial charge < -0.3 is 19.3 Å². The van der Waals surface area contributed by atoms with Crippen LogP contribution in [0.25, 0.3) is 11.2 Å². The Bertz CT molecular complexity index is 1470. The number of hydrogen-bond donors (Lipinski definition) is 1. The molecular weight excluding hydrogens is 458 g/mol. The van der Waals surface area contributed by atoms with Crippen LogP contribution in [0.4, 0.5) is 11.6 Å². The summed E-state index contributed by atoms with van der Waals surface area (Å²) in [4.78, 5) is 33.1. The smallest absolute Gasteiger partial charge is 0.332 e. The molecule has 0 unspecified atom stereocenters. The zero-order chi connectivity index (χ0) is 24.0. The van der Waals surface area contributed by atoms with Crippen LogP contribution in [-0.2, 0) is 20.1 Å². The summed E-state index contributed by atoms with van der Waals surface area (Å²) in [6.45, 7) is 3.09. The standard InChI is InChI=1S/C24H24ClN5O4/c1-3-34-19-10-8-17(9-11-19)28-13-18(31)14-29-20-21(26-23(28)29)27(2)24(33)30(22(20)32)12-15-4-6-16(25)7-5-15/h4-11,18,31H,3,12-14H2,1-2H3/t18-/m0/s1. The third kappa shape index (κ3) is 3.76. The number of aryl methyl sites for hydroxylation is 1. The first-order valence-electron chi connectivity index (χ1n) is 11.0. The fraction of sp³-hybridized carbons (Fsp3) is 0.292. The maximum absolute atomic E-state index is 13.5. The number of ether oxygens (including phenoxy) is 1. The number of fused-ring (bicyclic) bond motifs is 3. The van der Waals surface area contributed by atoms with Crippen LogP contribution in [0.15, 0.2) is 58.1 Å². The van der Waals surface area contributed by atoms with E-state index in [4.69, 9.17) is 16.3 Å². The summed E-state index contributed by atoms with van der Waals surface area (Å²) in [5.74, 6) is 1.24. The van der Waals surface area contributed by atoms with Crippen LogP contribution < -0.4 is 20.9 Å². The Balaban J connectivity index is 1.65. The highest BCUT2D eigenvalue weighted by molar-refractivity contribution is 6.30. The van der Waals surface area contributed by atoms with Gasteiger partial charge in [-0.05, 0) is 48.9 Å². The van der Waals surface area contributed by atoms with Crippen LogP contribution in [-0.4, -0.2) is 43.0 Å². The van der Waals surface area contributed by atoms with E-state index < -0.39 is 17.4 Å². The van der Waals surface area contributed by atoms with Crippen molar-refractivity contribution >= 4 is 34.4 Å². The summed E-state index contributed by atoms with van der Waals surface area (Å²) in [5.41, 5.74) is 1.22. The average Bonchev–Trinajstić information content (AvgIpc) is 3.21. The number of anilines is 2. The summed E-state index contributed by atoms with van der Waals surface area (Å²) < 4.78 is 9.78. The third-order valence-electron chi connectivity index (χ3n) is 5.95. The first kappa shape index (κ1) is 22.2. The van der Waals surface area contributed by atoms with Crippen LogP contribution in [0.2, 0.25) is 5.02 Å². The number of nitrogens with zero attached hydrogens (tertiary/aromatic N) is 5. The number of halogens is 1. The average molecular weight is 482 g/mol. The SMILES string of the molecule is CCOc1ccc(N2C[C@H](O)Cn3c2nc2c3c(=O)n(Cc3ccc(Cl)cc3)c(=O)n2C)cc1. The van der Waals surface area contributed by atoms with Crippen LogP contribution in [0.5, 0.6) is 5.75 Å². The highest BCUT2D eigenvalue weighted by Crippen LogP contribution is 2.32. The number of β-amino-alcohol motifs (C(OH)–C–C–N with tert-alkyl or cyclic N) is 1. The van der Waals surface area contributed by atoms with E-state index in [0.29, 0.717) is 24.1 Å². The molecule has 0 saturated heterocycles. The molecule has 176 valence electrons. The van der Waals surface area contributed by atoms with Crippen molar-refractivity contribution in [3.63, 3.8) is 0 Å². The normalized spacial score (nSPS) is 15.5. The molecule has 2 aromatic carbocycles. The molecule has 1 N–H and O–H groups in total. The molecule has 1 aliphatic rings. The molecule has 34 heavy (non-hydrogen) atoms. The number of imidazole rings is 1. The summed E-state index contributed by atoms with van der Waals surface area (Å²) in [5, 5.41) is 11.2. The Morgan fingerprint density at radius 3 is 2.47 bits per heavy atom. The molecule has 5 rings (SSSR count). The number of aliphatic hydroxyl groups excluding tert-OH is 1. The minimum Gasteiger partial charge on any atom is -0.494 e. The molecule has 0 fully saturated rings. The monoisotopic (exact) mass is 481 g/mol. The first-order chi connectivity index (χ1) is 16.4. The minimum atomic E-state index is -0.724. The van der Waals surface area contributed by atoms with Gasteiger partial charge in [-0.25, -0.2) is 4.79 Å². The zero-order valence-corrected chi connectivity index (χ0v) is 19.6. The molecule has 0 aliphatic carbocycles. The molecule has 4 aromatic rings. The molecule has 9 nitrogen and oxygen atoms in total. The van der Waals surface area contributed by atoms with Crippen LogP contribution in [0.1, 0.15) is 12.5 Å². The van der Waals surface area contributed by atoms with Crippen molar-refractivity contribution in [1.82, 2.24) is 18.7 Å². The predicted octanol–water partition coefficient (Wildman–Crippen LogP) is 2.51. The summed E-state index contributed by atoms with van der Waals surface area (Å²) in [6, 6.07) is 14.5. The van der Waals surface area contributed by atoms with Crippen molar-refractivity contribution in [2.24, 2.45) is 7.05 Å². The van der Waals surface area contributed by atoms with Crippen molar-refractivity contribution in [1.29, 1.82) is 0 Å². The van der Waals surface area contributed by atoms with Crippen molar-refractivity contribution in [3.05, 3.63) is 80.0 Å². The van der Waals surface area contributed by atoms with E-state index >= 15 is 0 Å². The molecule has 1 aliphatic heterocycles. The second-order valence-corrected chi connectivity index (χ2v) is 8.68. The molecule has 1 atom stereocenters. The van der Waals surface area contributed by atoms with Crippen LogP contribution in [0.3, 0.4) is 0 Å². The van der Waals surface area contributed by atoms with E-state index in [1.807, 2.05) is 36.1 Å². The van der Waals surface area contributed by atoms with E-state index in [1.54, 1.807) is 35.9 Å². The van der Waals surface area contributed by atoms with Gasteiger partial charge in [-0.2, -0.15) is 4.98 Å². The summed E-state index contributed by atoms with van der Waals surface area (Å²) >= 11 is 5.97. The second-order valence-electron chi connectivity index (χ2n) is 8.25. The van der Waals surface area contributed by atoms with Crippen molar-refractivity contribution in [2.75, 3.05) is 18.1 Å². The predicted molar refractivity (Wildman–Crippen MR) is 130 cm³/mol. The van der Waals surface area contributed by atoms with Gasteiger partial charge in [0.05, 0.1) is 32.3 Å². The lowest BCUT2D eigenvalue weighted by molar-refractivity contribution is 0.154. The maximum Gasteiger partial charge on any atom is 0.332 e. The van der Waals surface area contributed by atoms with Gasteiger partial charge in [0.15, 0.2) is 11.2 Å². The number of hydrogen-bond acceptors (Lipinski definition) is 6. The molecular formula is C24H24ClN5O4. The largest absolute Gasteiger partial charge is 0.494 e. The topological polar surface area (TPSA) is 94.5 Å². The molecule has 0 saturated carbocycles. The van der Waals surface area contributed by atoms with Crippen LogP contribution in [0, 0.1) is 0 Å². The fourth-order valence-electron chi connectivity index (χ4n) is 4.32. The lowest BCUT2D eigenvalue weighted by Gasteiger charge is -2.32. The molecule has 0 radical (unpaired) electrons. The van der Waals surface area contributed by atoms with Gasteiger partial charge in [0.2, 0.25) is 5.95 Å². The number of rotatable bonds is 5. The Morgan fingerprint density at radius 2 is 1.79 bits per heavy atom. The van der Waals surface area contributed by atoms with E-state index in [1.165, 1.54) is 9.13 Å². The van der Waals surface area contributed by atoms with Gasteiger partial charge in [-0.1, -0.05) is 23.7 Å². The third-order valence-corrected chi connectivity index (χ3v) is 6.21. The van der Waals surface area contributed by atoms with Crippen molar-refractivity contribution < 1.29 is 9.84 Å². The van der Waals surface area contributed by atoms with Gasteiger partial charge in [-0.3, -0.25) is 13.9 Å². The molecule has 0 amide bonds. The number of aromatic nitrogens is 4. The molecule has 3 heterocycles. The van der Waals surface area contributed by atoms with E-state index in [-0.39, 0.29) is 24.3 Å². The van der Waals surface area contributed by atoms with Crippen molar-refractivity contribution in [3.8, 4) is 5.75 Å². The van der Waals surface area contributed by atoms with Crippen molar-refractivity contribution in [2.45, 2.75) is 26.1 Å². The van der Waals surface area contributed by atoms with Gasteiger partial charge in [-0.15, -0.1) is 0 Å². The Kier molecular flexibility index (Phi) is 5.66. The molecule has 2 aromatic heterocycles. The second kappa shape index (κ2) is 8.66. The number of benzene rings is 2. The summed E-state index contributed by atoms with van der Waals surface area (Å²) in [6.07, 6.45) is -0.724. The fourth-order valence-corrected chi connectivity index (χ4v) is 4.45. The Hall–Kier alpha value is -3.56. The van der Waals surface area contributed by atoms with Gasteiger partial charge in [0.1, 0.15) is 5.75 Å². The van der Waals surface area contributed by atoms with Gasteiger partial charge in [0, 0.05) is 17.8 Å². The highest BCUT2D eigenvalue weighted by atomic mass is 35.5. The van der Waals surface area contributed by atoms with Gasteiger partial charge in [0.25, 0.3) is 5.56 Å². The summed E-state index contributed by atoms with van der Waals surface area (Å²) in [7, 11) is 1.60. The lowest BCUT2D eigenvalue weighted by Crippen LogP contribution is -2.41. The van der Waals surface area contributed by atoms with E-state index in [0.717, 1.165) is 17.0 Å². The number of aliphatic hydroxyl groups is 1. The highest BCUT2D eigenvalue weighted by Gasteiger charge is 2.30.